The molecule has 1 heteroatoms. The first-order valence-corrected chi connectivity index (χ1v) is 1.25. The lowest BCUT2D eigenvalue weighted by molar-refractivity contribution is 1.76. The average molecular weight is 74.2 g/mol. The second-order valence-electron chi connectivity index (χ2n) is 0.250. The highest BCUT2D eigenvalue weighted by atomic mass is 28.1. The van der Waals surface area contributed by atoms with Gasteiger partial charge >= 0.3 is 0 Å². The summed E-state index contributed by atoms with van der Waals surface area (Å²) >= 11 is 0. The van der Waals surface area contributed by atoms with Crippen LogP contribution in [0.1, 0.15) is 6.85 Å². The quantitative estimate of drug-likeness (QED) is 0.318. The van der Waals surface area contributed by atoms with E-state index < -0.39 is 18.6 Å². The summed E-state index contributed by atoms with van der Waals surface area (Å²) in [4.78, 5) is 0. The van der Waals surface area contributed by atoms with E-state index in [1.807, 2.05) is 0 Å². The maximum absolute atomic E-state index is 6.76. The Labute approximate surface area is 37.0 Å². The van der Waals surface area contributed by atoms with E-state index in [-0.39, 0.29) is 0 Å². The molecule has 0 amide bonds. The van der Waals surface area contributed by atoms with E-state index in [0.29, 0.717) is 0 Å². The first-order valence-electron chi connectivity index (χ1n) is 3.25. The maximum atomic E-state index is 6.76. The Morgan fingerprint density at radius 1 is 3.00 bits per heavy atom. The number of rotatable bonds is 1. The van der Waals surface area contributed by atoms with Crippen molar-refractivity contribution in [2.45, 2.75) is 6.00 Å². The van der Waals surface area contributed by atoms with E-state index in [9.17, 15) is 0 Å². The van der Waals surface area contributed by atoms with Crippen molar-refractivity contribution in [3.8, 4) is 0 Å². The van der Waals surface area contributed by atoms with E-state index >= 15 is 0 Å². The topological polar surface area (TPSA) is 0 Å². The van der Waals surface area contributed by atoms with Gasteiger partial charge in [0.05, 0.1) is 4.11 Å². The van der Waals surface area contributed by atoms with Crippen LogP contribution in [0, 0.1) is 0 Å². The van der Waals surface area contributed by atoms with Crippen LogP contribution in [0.3, 0.4) is 0 Å². The molecule has 0 aliphatic carbocycles. The Morgan fingerprint density at radius 2 is 3.75 bits per heavy atom. The Morgan fingerprint density at radius 3 is 3.75 bits per heavy atom. The summed E-state index contributed by atoms with van der Waals surface area (Å²) in [6.07, 6.45) is 0. The highest BCUT2D eigenvalue weighted by molar-refractivity contribution is 6.09. The van der Waals surface area contributed by atoms with Gasteiger partial charge in [-0.3, -0.25) is 0 Å². The minimum Gasteiger partial charge on any atom is -0.103 e. The zero-order chi connectivity index (χ0) is 7.65. The lowest BCUT2D eigenvalue weighted by atomic mass is 10.8. The van der Waals surface area contributed by atoms with Crippen LogP contribution < -0.4 is 0 Å². The van der Waals surface area contributed by atoms with Gasteiger partial charge < -0.3 is 0 Å². The van der Waals surface area contributed by atoms with Crippen molar-refractivity contribution in [2.75, 3.05) is 0 Å². The molecule has 0 N–H and O–H groups in total. The van der Waals surface area contributed by atoms with Crippen molar-refractivity contribution in [2.24, 2.45) is 0 Å². The molecule has 0 aromatic rings. The molecule has 21 valence electrons. The Kier molecular flexibility index (Phi) is 0.404. The van der Waals surface area contributed by atoms with E-state index in [1.165, 1.54) is 0 Å². The number of hydrogen-bond donors (Lipinski definition) is 0. The largest absolute Gasteiger partial charge is 0.103 e. The van der Waals surface area contributed by atoms with Crippen molar-refractivity contribution in [1.29, 1.82) is 0 Å². The highest BCUT2D eigenvalue weighted by Gasteiger charge is 1.46. The molecule has 0 atom stereocenters. The smallest absolute Gasteiger partial charge is 0.0566 e. The molecule has 0 rings (SSSR count). The second kappa shape index (κ2) is 2.96. The van der Waals surface area contributed by atoms with Gasteiger partial charge in [-0.15, -0.1) is 6.53 Å². The van der Waals surface area contributed by atoms with Crippen LogP contribution >= 0.6 is 0 Å². The monoisotopic (exact) mass is 74.0 g/mol. The van der Waals surface area contributed by atoms with Gasteiger partial charge in [0.2, 0.25) is 0 Å². The molecule has 0 saturated carbocycles. The summed E-state index contributed by atoms with van der Waals surface area (Å²) in [7, 11) is 2.54. The molecule has 0 aliphatic rings. The van der Waals surface area contributed by atoms with Crippen molar-refractivity contribution in [1.82, 2.24) is 0 Å². The third-order valence-corrected chi connectivity index (χ3v) is 0.188. The average Bonchev–Trinajstić information content (AvgIpc) is 1.62. The molecule has 0 nitrogen and oxygen atoms in total. The minimum atomic E-state index is -2.04. The molecule has 0 fully saturated rings. The molecule has 0 saturated heterocycles. The van der Waals surface area contributed by atoms with E-state index in [4.69, 9.17) is 6.85 Å². The first-order chi connectivity index (χ1) is 3.85. The van der Waals surface area contributed by atoms with Crippen molar-refractivity contribution in [3.05, 3.63) is 12.6 Å². The number of allylic oxidation sites excluding steroid dienone is 1. The summed E-state index contributed by atoms with van der Waals surface area (Å²) in [6.45, 7) is -0.810. The van der Waals surface area contributed by atoms with Crippen LogP contribution in [0.5, 0.6) is 0 Å². The molecule has 0 aromatic heterocycles. The third kappa shape index (κ3) is 1.96. The maximum Gasteiger partial charge on any atom is 0.0566 e. The van der Waals surface area contributed by atoms with Gasteiger partial charge in [-0.1, -0.05) is 6.05 Å². The first kappa shape index (κ1) is 0.546. The molecule has 0 aromatic carbocycles. The van der Waals surface area contributed by atoms with Crippen molar-refractivity contribution >= 4 is 10.2 Å². The van der Waals surface area contributed by atoms with Crippen LogP contribution in [0.15, 0.2) is 12.6 Å². The van der Waals surface area contributed by atoms with E-state index in [2.05, 4.69) is 10.2 Å². The predicted octanol–water partition coefficient (Wildman–Crippen LogP) is 0.759. The molecule has 0 heterocycles. The predicted molar refractivity (Wildman–Crippen MR) is 20.8 cm³/mol. The Balaban J connectivity index is 4.40. The van der Waals surface area contributed by atoms with Crippen LogP contribution in [0.2, 0.25) is 6.00 Å². The van der Waals surface area contributed by atoms with Crippen LogP contribution in [-0.2, 0) is 0 Å². The summed E-state index contributed by atoms with van der Waals surface area (Å²) in [5.74, 6) is -2.04. The Bertz CT molecular complexity index is 130. The molecular formula is C3H5Si. The number of hydrogen-bond acceptors (Lipinski definition) is 0. The van der Waals surface area contributed by atoms with Gasteiger partial charge in [-0.25, -0.2) is 0 Å². The fourth-order valence-electron chi connectivity index (χ4n) is 0. The normalized spacial score (nSPS) is 26.8. The van der Waals surface area contributed by atoms with E-state index in [0.717, 1.165) is 0 Å². The lowest BCUT2D eigenvalue weighted by Gasteiger charge is -1.56. The van der Waals surface area contributed by atoms with Crippen LogP contribution in [0.4, 0.5) is 0 Å². The molecule has 3 radical (unpaired) electrons. The Hall–Kier alpha value is -0.0431. The summed E-state index contributed by atoms with van der Waals surface area (Å²) < 4.78 is 33.3. The van der Waals surface area contributed by atoms with Crippen LogP contribution in [0.25, 0.3) is 0 Å². The second-order valence-corrected chi connectivity index (χ2v) is 0.500. The zero-order valence-corrected chi connectivity index (χ0v) is 3.00. The third-order valence-electron chi connectivity index (χ3n) is 0.0625. The molecule has 4 heavy (non-hydrogen) atoms. The van der Waals surface area contributed by atoms with Crippen molar-refractivity contribution in [3.63, 3.8) is 0 Å². The van der Waals surface area contributed by atoms with Gasteiger partial charge in [-0.2, -0.15) is 0 Å². The van der Waals surface area contributed by atoms with Crippen LogP contribution in [-0.4, -0.2) is 10.2 Å². The highest BCUT2D eigenvalue weighted by Crippen LogP contribution is 1.61. The summed E-state index contributed by atoms with van der Waals surface area (Å²) in [5, 5.41) is 0. The molecule has 0 aliphatic heterocycles. The zero-order valence-electron chi connectivity index (χ0n) is 7.00. The standard InChI is InChI=1S/C3H5Si/c1-2-3-4/h2H,1,3H2/i1D2,2D,3D2. The minimum absolute atomic E-state index is 0.667. The van der Waals surface area contributed by atoms with Gasteiger partial charge in [0.25, 0.3) is 0 Å². The fraction of sp³-hybridized carbons (Fsp3) is 0.333. The SMILES string of the molecule is [2H]C([2H])=C([2H])C([2H])([2H])[Si]. The molecule has 0 unspecified atom stereocenters. The van der Waals surface area contributed by atoms with Gasteiger partial charge in [0, 0.05) is 13.0 Å². The van der Waals surface area contributed by atoms with Gasteiger partial charge in [-0.05, 0) is 6.00 Å². The van der Waals surface area contributed by atoms with Crippen molar-refractivity contribution < 1.29 is 6.85 Å². The van der Waals surface area contributed by atoms with E-state index in [1.54, 1.807) is 0 Å². The fourth-order valence-corrected chi connectivity index (χ4v) is 0. The molecular weight excluding hydrogens is 64.1 g/mol. The molecule has 0 spiro atoms. The summed E-state index contributed by atoms with van der Waals surface area (Å²) in [6, 6.07) is -0.667. The lowest BCUT2D eigenvalue weighted by Crippen LogP contribution is -1.47. The van der Waals surface area contributed by atoms with Gasteiger partial charge in [0.1, 0.15) is 0 Å². The summed E-state index contributed by atoms with van der Waals surface area (Å²) in [5.41, 5.74) is 0. The molecule has 0 bridgehead atoms. The van der Waals surface area contributed by atoms with Gasteiger partial charge in [0.15, 0.2) is 0 Å².